The van der Waals surface area contributed by atoms with Crippen LogP contribution in [0.2, 0.25) is 5.02 Å². The summed E-state index contributed by atoms with van der Waals surface area (Å²) in [6.45, 7) is 3.39. The number of carbonyl (C=O) groups is 1. The third-order valence-corrected chi connectivity index (χ3v) is 5.18. The van der Waals surface area contributed by atoms with Crippen LogP contribution in [-0.4, -0.2) is 5.97 Å². The highest BCUT2D eigenvalue weighted by molar-refractivity contribution is 6.30. The van der Waals surface area contributed by atoms with Crippen LogP contribution in [0.5, 0.6) is 17.2 Å². The van der Waals surface area contributed by atoms with E-state index in [1.165, 1.54) is 42.5 Å². The Morgan fingerprint density at radius 3 is 2.35 bits per heavy atom. The second kappa shape index (κ2) is 8.87. The van der Waals surface area contributed by atoms with E-state index in [4.69, 9.17) is 25.5 Å². The highest BCUT2D eigenvalue weighted by atomic mass is 35.5. The SMILES string of the molecule is Cc1ccc(C)c(Oc2c(C(F)(F)F)oc3cc(OC(=O)c4ccc(Cl)cc4)ccc3c2=O)c1. The van der Waals surface area contributed by atoms with Gasteiger partial charge >= 0.3 is 12.1 Å². The van der Waals surface area contributed by atoms with E-state index in [2.05, 4.69) is 0 Å². The second-order valence-electron chi connectivity index (χ2n) is 7.51. The monoisotopic (exact) mass is 488 g/mol. The molecule has 0 spiro atoms. The fourth-order valence-corrected chi connectivity index (χ4v) is 3.30. The van der Waals surface area contributed by atoms with E-state index in [1.54, 1.807) is 26.0 Å². The van der Waals surface area contributed by atoms with Crippen molar-refractivity contribution in [2.45, 2.75) is 20.0 Å². The fourth-order valence-electron chi connectivity index (χ4n) is 3.18. The lowest BCUT2D eigenvalue weighted by Crippen LogP contribution is -2.16. The molecule has 4 rings (SSSR count). The standard InChI is InChI=1S/C25H16ClF3O5/c1-13-3-4-14(2)19(11-13)33-22-21(30)18-10-9-17(12-20(18)34-23(22)25(27,28)29)32-24(31)15-5-7-16(26)8-6-15/h3-12H,1-2H3. The molecule has 0 amide bonds. The first-order valence-electron chi connectivity index (χ1n) is 9.94. The highest BCUT2D eigenvalue weighted by Gasteiger charge is 2.40. The number of carbonyl (C=O) groups excluding carboxylic acids is 1. The van der Waals surface area contributed by atoms with Crippen LogP contribution in [0.25, 0.3) is 11.0 Å². The molecule has 0 fully saturated rings. The van der Waals surface area contributed by atoms with E-state index in [9.17, 15) is 22.8 Å². The van der Waals surface area contributed by atoms with Crippen molar-refractivity contribution in [2.75, 3.05) is 0 Å². The summed E-state index contributed by atoms with van der Waals surface area (Å²) in [5, 5.41) is 0.252. The molecule has 0 atom stereocenters. The van der Waals surface area contributed by atoms with E-state index in [-0.39, 0.29) is 22.4 Å². The zero-order chi connectivity index (χ0) is 24.6. The van der Waals surface area contributed by atoms with Gasteiger partial charge in [-0.3, -0.25) is 4.79 Å². The van der Waals surface area contributed by atoms with Crippen molar-refractivity contribution in [3.63, 3.8) is 0 Å². The number of fused-ring (bicyclic) bond motifs is 1. The second-order valence-corrected chi connectivity index (χ2v) is 7.95. The summed E-state index contributed by atoms with van der Waals surface area (Å²) in [5.41, 5.74) is 0.0467. The highest BCUT2D eigenvalue weighted by Crippen LogP contribution is 2.39. The Morgan fingerprint density at radius 1 is 0.971 bits per heavy atom. The molecule has 1 aromatic heterocycles. The number of hydrogen-bond donors (Lipinski definition) is 0. The number of alkyl halides is 3. The minimum absolute atomic E-state index is 0.102. The zero-order valence-electron chi connectivity index (χ0n) is 17.8. The molecule has 0 saturated heterocycles. The van der Waals surface area contributed by atoms with Crippen LogP contribution in [-0.2, 0) is 6.18 Å². The van der Waals surface area contributed by atoms with Crippen LogP contribution in [0.1, 0.15) is 27.2 Å². The summed E-state index contributed by atoms with van der Waals surface area (Å²) in [4.78, 5) is 25.3. The number of ether oxygens (including phenoxy) is 2. The van der Waals surface area contributed by atoms with Crippen molar-refractivity contribution < 1.29 is 31.9 Å². The molecular formula is C25H16ClF3O5. The third-order valence-electron chi connectivity index (χ3n) is 4.93. The van der Waals surface area contributed by atoms with Gasteiger partial charge in [0.05, 0.1) is 10.9 Å². The lowest BCUT2D eigenvalue weighted by Gasteiger charge is -2.15. The van der Waals surface area contributed by atoms with Crippen molar-refractivity contribution in [3.05, 3.63) is 98.4 Å². The molecule has 0 unspecified atom stereocenters. The lowest BCUT2D eigenvalue weighted by atomic mass is 10.1. The number of aryl methyl sites for hydroxylation is 2. The molecule has 0 bridgehead atoms. The van der Waals surface area contributed by atoms with E-state index < -0.39 is 34.7 Å². The normalized spacial score (nSPS) is 11.5. The van der Waals surface area contributed by atoms with Crippen LogP contribution < -0.4 is 14.9 Å². The molecule has 0 aliphatic heterocycles. The Morgan fingerprint density at radius 2 is 1.68 bits per heavy atom. The Labute approximate surface area is 196 Å². The largest absolute Gasteiger partial charge is 0.453 e. The molecule has 34 heavy (non-hydrogen) atoms. The van der Waals surface area contributed by atoms with Crippen LogP contribution >= 0.6 is 11.6 Å². The van der Waals surface area contributed by atoms with Gasteiger partial charge in [-0.15, -0.1) is 0 Å². The van der Waals surface area contributed by atoms with Crippen molar-refractivity contribution in [1.29, 1.82) is 0 Å². The van der Waals surface area contributed by atoms with Gasteiger partial charge in [-0.25, -0.2) is 4.79 Å². The molecular weight excluding hydrogens is 473 g/mol. The van der Waals surface area contributed by atoms with Gasteiger partial charge in [-0.2, -0.15) is 13.2 Å². The van der Waals surface area contributed by atoms with Gasteiger partial charge in [0, 0.05) is 11.1 Å². The number of hydrogen-bond acceptors (Lipinski definition) is 5. The summed E-state index contributed by atoms with van der Waals surface area (Å²) in [6, 6.07) is 14.3. The van der Waals surface area contributed by atoms with E-state index >= 15 is 0 Å². The van der Waals surface area contributed by atoms with Gasteiger partial charge in [-0.05, 0) is 67.4 Å². The van der Waals surface area contributed by atoms with Gasteiger partial charge in [-0.1, -0.05) is 23.7 Å². The van der Waals surface area contributed by atoms with Gasteiger partial charge in [0.25, 0.3) is 5.76 Å². The average Bonchev–Trinajstić information content (AvgIpc) is 2.77. The average molecular weight is 489 g/mol. The maximum atomic E-state index is 13.8. The van der Waals surface area contributed by atoms with Gasteiger partial charge in [0.2, 0.25) is 11.2 Å². The maximum absolute atomic E-state index is 13.8. The molecule has 174 valence electrons. The van der Waals surface area contributed by atoms with Gasteiger partial charge in [0.15, 0.2) is 0 Å². The van der Waals surface area contributed by atoms with Gasteiger partial charge < -0.3 is 13.9 Å². The summed E-state index contributed by atoms with van der Waals surface area (Å²) in [6.07, 6.45) is -5.02. The summed E-state index contributed by atoms with van der Waals surface area (Å²) in [5.74, 6) is -3.33. The van der Waals surface area contributed by atoms with Crippen LogP contribution in [0.4, 0.5) is 13.2 Å². The Bertz CT molecular complexity index is 1460. The molecule has 0 aliphatic carbocycles. The fraction of sp³-hybridized carbons (Fsp3) is 0.120. The number of halogens is 4. The summed E-state index contributed by atoms with van der Waals surface area (Å²) < 4.78 is 57.1. The molecule has 0 N–H and O–H groups in total. The maximum Gasteiger partial charge on any atom is 0.453 e. The molecule has 1 heterocycles. The first-order valence-corrected chi connectivity index (χ1v) is 10.3. The zero-order valence-corrected chi connectivity index (χ0v) is 18.6. The van der Waals surface area contributed by atoms with E-state index in [0.29, 0.717) is 10.6 Å². The van der Waals surface area contributed by atoms with Crippen LogP contribution in [0.3, 0.4) is 0 Å². The number of rotatable bonds is 4. The summed E-state index contributed by atoms with van der Waals surface area (Å²) in [7, 11) is 0. The number of esters is 1. The molecule has 0 radical (unpaired) electrons. The first-order chi connectivity index (χ1) is 16.0. The Hall–Kier alpha value is -3.78. The van der Waals surface area contributed by atoms with Crippen molar-refractivity contribution in [3.8, 4) is 17.2 Å². The lowest BCUT2D eigenvalue weighted by molar-refractivity contribution is -0.154. The Balaban J connectivity index is 1.77. The smallest absolute Gasteiger partial charge is 0.449 e. The van der Waals surface area contributed by atoms with E-state index in [1.807, 2.05) is 0 Å². The van der Waals surface area contributed by atoms with Crippen LogP contribution in [0.15, 0.2) is 69.9 Å². The molecule has 0 saturated carbocycles. The van der Waals surface area contributed by atoms with Crippen molar-refractivity contribution in [2.24, 2.45) is 0 Å². The molecule has 5 nitrogen and oxygen atoms in total. The quantitative estimate of drug-likeness (QED) is 0.226. The third kappa shape index (κ3) is 4.77. The molecule has 0 aliphatic rings. The molecule has 9 heteroatoms. The van der Waals surface area contributed by atoms with Crippen molar-refractivity contribution in [1.82, 2.24) is 0 Å². The Kier molecular flexibility index (Phi) is 6.10. The van der Waals surface area contributed by atoms with Crippen LogP contribution in [0, 0.1) is 13.8 Å². The van der Waals surface area contributed by atoms with E-state index in [0.717, 1.165) is 11.6 Å². The minimum atomic E-state index is -5.02. The topological polar surface area (TPSA) is 65.7 Å². The predicted octanol–water partition coefficient (Wildman–Crippen LogP) is 7.09. The first kappa shape index (κ1) is 23.4. The van der Waals surface area contributed by atoms with Crippen molar-refractivity contribution >= 4 is 28.5 Å². The minimum Gasteiger partial charge on any atom is -0.449 e. The van der Waals surface area contributed by atoms with Gasteiger partial charge in [0.1, 0.15) is 17.1 Å². The number of benzene rings is 3. The summed E-state index contributed by atoms with van der Waals surface area (Å²) >= 11 is 5.79. The molecule has 3 aromatic carbocycles. The predicted molar refractivity (Wildman–Crippen MR) is 120 cm³/mol. The molecule has 4 aromatic rings.